The van der Waals surface area contributed by atoms with Crippen molar-refractivity contribution in [2.75, 3.05) is 11.0 Å². The maximum absolute atomic E-state index is 12.5. The van der Waals surface area contributed by atoms with Crippen molar-refractivity contribution in [2.45, 2.75) is 6.23 Å². The molecule has 0 bridgehead atoms. The van der Waals surface area contributed by atoms with E-state index in [-0.39, 0.29) is 17.5 Å². The minimum Gasteiger partial charge on any atom is -0.418 e. The second-order valence-corrected chi connectivity index (χ2v) is 4.35. The summed E-state index contributed by atoms with van der Waals surface area (Å²) in [5, 5.41) is 0. The number of nitrogens with zero attached hydrogens (tertiary/aromatic N) is 4. The largest absolute Gasteiger partial charge is 0.511 e. The van der Waals surface area contributed by atoms with Gasteiger partial charge in [-0.05, 0) is 12.1 Å². The SMILES string of the molecule is O=C(OCCl)OC1c2nccnc2C(=O)N1c1ccccn1. The summed E-state index contributed by atoms with van der Waals surface area (Å²) in [6, 6.07) is 4.64. The van der Waals surface area contributed by atoms with Crippen LogP contribution in [0.5, 0.6) is 0 Å². The van der Waals surface area contributed by atoms with Gasteiger partial charge in [0.1, 0.15) is 11.5 Å². The molecule has 1 amide bonds. The third-order valence-corrected chi connectivity index (χ3v) is 3.00. The van der Waals surface area contributed by atoms with E-state index in [9.17, 15) is 9.59 Å². The van der Waals surface area contributed by atoms with Crippen LogP contribution in [-0.2, 0) is 9.47 Å². The minimum absolute atomic E-state index is 0.0943. The number of rotatable bonds is 3. The number of hydrogen-bond donors (Lipinski definition) is 0. The predicted molar refractivity (Wildman–Crippen MR) is 74.1 cm³/mol. The quantitative estimate of drug-likeness (QED) is 0.629. The summed E-state index contributed by atoms with van der Waals surface area (Å²) in [7, 11) is 0. The monoisotopic (exact) mass is 320 g/mol. The van der Waals surface area contributed by atoms with Crippen molar-refractivity contribution in [1.82, 2.24) is 15.0 Å². The van der Waals surface area contributed by atoms with Crippen LogP contribution in [0, 0.1) is 0 Å². The van der Waals surface area contributed by atoms with E-state index in [1.165, 1.54) is 23.5 Å². The zero-order valence-corrected chi connectivity index (χ0v) is 11.8. The number of aromatic nitrogens is 3. The Bertz CT molecular complexity index is 712. The van der Waals surface area contributed by atoms with Gasteiger partial charge in [0.25, 0.3) is 5.91 Å². The second kappa shape index (κ2) is 5.94. The molecule has 3 rings (SSSR count). The van der Waals surface area contributed by atoms with Crippen LogP contribution in [0.2, 0.25) is 0 Å². The van der Waals surface area contributed by atoms with Crippen molar-refractivity contribution in [3.05, 3.63) is 48.2 Å². The Hall–Kier alpha value is -2.74. The fourth-order valence-electron chi connectivity index (χ4n) is 2.04. The zero-order chi connectivity index (χ0) is 15.5. The van der Waals surface area contributed by atoms with Crippen molar-refractivity contribution in [3.8, 4) is 0 Å². The maximum atomic E-state index is 12.5. The molecule has 1 unspecified atom stereocenters. The van der Waals surface area contributed by atoms with Gasteiger partial charge in [-0.2, -0.15) is 0 Å². The molecule has 0 aliphatic carbocycles. The van der Waals surface area contributed by atoms with Crippen molar-refractivity contribution in [1.29, 1.82) is 0 Å². The summed E-state index contributed by atoms with van der Waals surface area (Å²) >= 11 is 5.32. The highest BCUT2D eigenvalue weighted by molar-refractivity contribution is 6.17. The summed E-state index contributed by atoms with van der Waals surface area (Å²) in [5.41, 5.74) is 0.307. The molecule has 1 aliphatic heterocycles. The van der Waals surface area contributed by atoms with Gasteiger partial charge in [0.15, 0.2) is 11.8 Å². The van der Waals surface area contributed by atoms with Gasteiger partial charge in [0.2, 0.25) is 6.23 Å². The van der Waals surface area contributed by atoms with Gasteiger partial charge in [-0.1, -0.05) is 17.7 Å². The summed E-state index contributed by atoms with van der Waals surface area (Å²) in [5.74, 6) is -0.165. The van der Waals surface area contributed by atoms with Crippen LogP contribution in [0.25, 0.3) is 0 Å². The Morgan fingerprint density at radius 3 is 2.77 bits per heavy atom. The lowest BCUT2D eigenvalue weighted by molar-refractivity contribution is 0.0323. The van der Waals surface area contributed by atoms with Gasteiger partial charge in [0.05, 0.1) is 0 Å². The number of alkyl halides is 1. The smallest absolute Gasteiger partial charge is 0.418 e. The van der Waals surface area contributed by atoms with E-state index in [0.29, 0.717) is 5.82 Å². The molecule has 9 heteroatoms. The zero-order valence-electron chi connectivity index (χ0n) is 11.0. The first-order chi connectivity index (χ1) is 10.7. The molecule has 2 aromatic rings. The molecule has 0 spiro atoms. The Labute approximate surface area is 129 Å². The molecule has 0 N–H and O–H groups in total. The molecule has 8 nitrogen and oxygen atoms in total. The average Bonchev–Trinajstić information content (AvgIpc) is 2.81. The molecule has 0 fully saturated rings. The highest BCUT2D eigenvalue weighted by Crippen LogP contribution is 2.35. The Balaban J connectivity index is 2.01. The highest BCUT2D eigenvalue weighted by Gasteiger charge is 2.43. The van der Waals surface area contributed by atoms with Gasteiger partial charge < -0.3 is 9.47 Å². The minimum atomic E-state index is -1.11. The van der Waals surface area contributed by atoms with Crippen molar-refractivity contribution < 1.29 is 19.1 Å². The number of carbonyl (C=O) groups excluding carboxylic acids is 2. The molecule has 22 heavy (non-hydrogen) atoms. The number of anilines is 1. The van der Waals surface area contributed by atoms with E-state index in [2.05, 4.69) is 19.7 Å². The molecular formula is C13H9ClN4O4. The number of carbonyl (C=O) groups is 2. The van der Waals surface area contributed by atoms with E-state index in [0.717, 1.165) is 0 Å². The van der Waals surface area contributed by atoms with Crippen molar-refractivity contribution >= 4 is 29.5 Å². The number of hydrogen-bond acceptors (Lipinski definition) is 7. The Morgan fingerprint density at radius 2 is 2.05 bits per heavy atom. The van der Waals surface area contributed by atoms with Gasteiger partial charge >= 0.3 is 6.16 Å². The molecule has 1 aliphatic rings. The standard InChI is InChI=1S/C13H9ClN4O4/c14-7-21-13(20)22-12-10-9(16-5-6-17-10)11(19)18(12)8-3-1-2-4-15-8/h1-6,12H,7H2. The average molecular weight is 321 g/mol. The van der Waals surface area contributed by atoms with E-state index >= 15 is 0 Å². The number of amides is 1. The van der Waals surface area contributed by atoms with E-state index in [1.54, 1.807) is 18.2 Å². The molecule has 0 radical (unpaired) electrons. The lowest BCUT2D eigenvalue weighted by atomic mass is 10.3. The van der Waals surface area contributed by atoms with Crippen LogP contribution in [0.4, 0.5) is 10.6 Å². The lowest BCUT2D eigenvalue weighted by Crippen LogP contribution is -2.31. The number of halogens is 1. The van der Waals surface area contributed by atoms with E-state index in [4.69, 9.17) is 16.3 Å². The maximum Gasteiger partial charge on any atom is 0.511 e. The first kappa shape index (κ1) is 14.2. The first-order valence-electron chi connectivity index (χ1n) is 6.17. The van der Waals surface area contributed by atoms with Gasteiger partial charge in [-0.25, -0.2) is 19.7 Å². The summed E-state index contributed by atoms with van der Waals surface area (Å²) in [6.07, 6.45) is 2.17. The van der Waals surface area contributed by atoms with Gasteiger partial charge in [0, 0.05) is 18.6 Å². The van der Waals surface area contributed by atoms with Crippen molar-refractivity contribution in [3.63, 3.8) is 0 Å². The normalized spacial score (nSPS) is 16.3. The van der Waals surface area contributed by atoms with Crippen LogP contribution in [0.1, 0.15) is 22.4 Å². The predicted octanol–water partition coefficient (Wildman–Crippen LogP) is 1.88. The fraction of sp³-hybridized carbons (Fsp3) is 0.154. The molecule has 1 atom stereocenters. The van der Waals surface area contributed by atoms with Crippen LogP contribution in [0.15, 0.2) is 36.8 Å². The highest BCUT2D eigenvalue weighted by atomic mass is 35.5. The van der Waals surface area contributed by atoms with Crippen LogP contribution in [-0.4, -0.2) is 33.1 Å². The summed E-state index contributed by atoms with van der Waals surface area (Å²) in [4.78, 5) is 37.3. The van der Waals surface area contributed by atoms with Crippen LogP contribution >= 0.6 is 11.6 Å². The van der Waals surface area contributed by atoms with Gasteiger partial charge in [-0.3, -0.25) is 9.78 Å². The molecule has 112 valence electrons. The van der Waals surface area contributed by atoms with Crippen LogP contribution < -0.4 is 4.90 Å². The number of pyridine rings is 1. The molecule has 3 heterocycles. The molecular weight excluding hydrogens is 312 g/mol. The first-order valence-corrected chi connectivity index (χ1v) is 6.70. The number of ether oxygens (including phenoxy) is 2. The van der Waals surface area contributed by atoms with E-state index < -0.39 is 18.3 Å². The summed E-state index contributed by atoms with van der Waals surface area (Å²) < 4.78 is 9.67. The Morgan fingerprint density at radius 1 is 1.23 bits per heavy atom. The third kappa shape index (κ3) is 2.44. The number of fused-ring (bicyclic) bond motifs is 1. The molecule has 0 saturated carbocycles. The second-order valence-electron chi connectivity index (χ2n) is 4.13. The van der Waals surface area contributed by atoms with E-state index in [1.807, 2.05) is 0 Å². The molecule has 2 aromatic heterocycles. The fourth-order valence-corrected chi connectivity index (χ4v) is 2.12. The Kier molecular flexibility index (Phi) is 3.84. The van der Waals surface area contributed by atoms with Gasteiger partial charge in [-0.15, -0.1) is 0 Å². The van der Waals surface area contributed by atoms with Crippen molar-refractivity contribution in [2.24, 2.45) is 0 Å². The topological polar surface area (TPSA) is 94.5 Å². The third-order valence-electron chi connectivity index (χ3n) is 2.89. The molecule has 0 saturated heterocycles. The van der Waals surface area contributed by atoms with Crippen LogP contribution in [0.3, 0.4) is 0 Å². The molecule has 0 aromatic carbocycles. The lowest BCUT2D eigenvalue weighted by Gasteiger charge is -2.22. The summed E-state index contributed by atoms with van der Waals surface area (Å²) in [6.45, 7) is 0.